The van der Waals surface area contributed by atoms with Crippen molar-refractivity contribution >= 4 is 10.9 Å². The smallest absolute Gasteiger partial charge is 0.0867 e. The van der Waals surface area contributed by atoms with Crippen molar-refractivity contribution in [2.75, 3.05) is 13.2 Å². The second-order valence-corrected chi connectivity index (χ2v) is 3.16. The molecule has 0 unspecified atom stereocenters. The van der Waals surface area contributed by atoms with E-state index < -0.39 is 0 Å². The summed E-state index contributed by atoms with van der Waals surface area (Å²) in [7, 11) is 0. The Labute approximate surface area is 82.3 Å². The first kappa shape index (κ1) is 9.24. The molecule has 1 aromatic carbocycles. The molecule has 1 heterocycles. The molecule has 0 radical (unpaired) electrons. The maximum Gasteiger partial charge on any atom is 0.0867 e. The lowest BCUT2D eigenvalue weighted by molar-refractivity contribution is 0.0800. The number of fused-ring (bicyclic) bond motifs is 1. The number of aromatic nitrogens is 1. The van der Waals surface area contributed by atoms with E-state index in [4.69, 9.17) is 9.84 Å². The molecule has 0 spiro atoms. The second kappa shape index (κ2) is 4.26. The summed E-state index contributed by atoms with van der Waals surface area (Å²) in [6, 6.07) is 10.2. The van der Waals surface area contributed by atoms with Gasteiger partial charge in [0.2, 0.25) is 0 Å². The zero-order valence-electron chi connectivity index (χ0n) is 7.86. The van der Waals surface area contributed by atoms with E-state index in [9.17, 15) is 0 Å². The highest BCUT2D eigenvalue weighted by atomic mass is 16.5. The van der Waals surface area contributed by atoms with Gasteiger partial charge >= 0.3 is 0 Å². The zero-order chi connectivity index (χ0) is 9.80. The third-order valence-electron chi connectivity index (χ3n) is 2.08. The molecule has 0 aliphatic carbocycles. The van der Waals surface area contributed by atoms with Gasteiger partial charge in [0, 0.05) is 11.2 Å². The number of hydrogen-bond donors (Lipinski definition) is 2. The molecule has 3 nitrogen and oxygen atoms in total. The van der Waals surface area contributed by atoms with E-state index in [2.05, 4.69) is 17.1 Å². The summed E-state index contributed by atoms with van der Waals surface area (Å²) in [6.07, 6.45) is 0. The van der Waals surface area contributed by atoms with Crippen LogP contribution in [0.2, 0.25) is 0 Å². The van der Waals surface area contributed by atoms with Crippen LogP contribution in [0.4, 0.5) is 0 Å². The summed E-state index contributed by atoms with van der Waals surface area (Å²) in [6.45, 7) is 0.977. The van der Waals surface area contributed by atoms with Crippen molar-refractivity contribution in [1.29, 1.82) is 0 Å². The van der Waals surface area contributed by atoms with Crippen molar-refractivity contribution in [1.82, 2.24) is 4.98 Å². The van der Waals surface area contributed by atoms with E-state index in [1.165, 1.54) is 5.39 Å². The number of hydrogen-bond acceptors (Lipinski definition) is 2. The number of aromatic amines is 1. The minimum atomic E-state index is 0.0697. The van der Waals surface area contributed by atoms with Crippen molar-refractivity contribution in [3.8, 4) is 0 Å². The summed E-state index contributed by atoms with van der Waals surface area (Å²) in [5.41, 5.74) is 2.16. The first-order chi connectivity index (χ1) is 6.90. The Morgan fingerprint density at radius 3 is 2.93 bits per heavy atom. The van der Waals surface area contributed by atoms with Crippen LogP contribution < -0.4 is 0 Å². The first-order valence-corrected chi connectivity index (χ1v) is 4.65. The Morgan fingerprint density at radius 2 is 2.14 bits per heavy atom. The Bertz CT molecular complexity index is 375. The van der Waals surface area contributed by atoms with Crippen LogP contribution in [0.15, 0.2) is 30.3 Å². The van der Waals surface area contributed by atoms with Gasteiger partial charge in [-0.15, -0.1) is 0 Å². The summed E-state index contributed by atoms with van der Waals surface area (Å²) < 4.78 is 5.22. The van der Waals surface area contributed by atoms with Crippen LogP contribution in [0.1, 0.15) is 5.69 Å². The summed E-state index contributed by atoms with van der Waals surface area (Å²) in [5, 5.41) is 9.74. The summed E-state index contributed by atoms with van der Waals surface area (Å²) >= 11 is 0. The van der Waals surface area contributed by atoms with Gasteiger partial charge in [-0.3, -0.25) is 0 Å². The molecule has 3 heteroatoms. The van der Waals surface area contributed by atoms with Crippen molar-refractivity contribution in [3.63, 3.8) is 0 Å². The Kier molecular flexibility index (Phi) is 2.81. The fourth-order valence-electron chi connectivity index (χ4n) is 1.46. The Hall–Kier alpha value is -1.32. The average Bonchev–Trinajstić information content (AvgIpc) is 2.60. The molecule has 0 aliphatic heterocycles. The predicted molar refractivity (Wildman–Crippen MR) is 55.0 cm³/mol. The van der Waals surface area contributed by atoms with Crippen LogP contribution in [-0.4, -0.2) is 23.3 Å². The number of aliphatic hydroxyl groups is 1. The molecule has 1 aromatic heterocycles. The lowest BCUT2D eigenvalue weighted by atomic mass is 10.2. The van der Waals surface area contributed by atoms with Crippen LogP contribution in [-0.2, 0) is 11.3 Å². The number of benzene rings is 1. The number of rotatable bonds is 4. The molecule has 2 N–H and O–H groups in total. The van der Waals surface area contributed by atoms with Crippen molar-refractivity contribution < 1.29 is 9.84 Å². The maximum atomic E-state index is 8.55. The van der Waals surface area contributed by atoms with Crippen molar-refractivity contribution in [3.05, 3.63) is 36.0 Å². The van der Waals surface area contributed by atoms with Gasteiger partial charge in [0.15, 0.2) is 0 Å². The molecule has 0 aliphatic rings. The normalized spacial score (nSPS) is 10.9. The molecule has 74 valence electrons. The molecule has 0 bridgehead atoms. The van der Waals surface area contributed by atoms with E-state index >= 15 is 0 Å². The van der Waals surface area contributed by atoms with Crippen LogP contribution in [0.5, 0.6) is 0 Å². The van der Waals surface area contributed by atoms with Crippen LogP contribution in [0.3, 0.4) is 0 Å². The van der Waals surface area contributed by atoms with Gasteiger partial charge < -0.3 is 14.8 Å². The zero-order valence-corrected chi connectivity index (χ0v) is 7.86. The Balaban J connectivity index is 2.11. The second-order valence-electron chi connectivity index (χ2n) is 3.16. The van der Waals surface area contributed by atoms with Gasteiger partial charge in [-0.1, -0.05) is 18.2 Å². The number of ether oxygens (including phenoxy) is 1. The van der Waals surface area contributed by atoms with Gasteiger partial charge in [-0.05, 0) is 17.5 Å². The Morgan fingerprint density at radius 1 is 1.29 bits per heavy atom. The maximum absolute atomic E-state index is 8.55. The van der Waals surface area contributed by atoms with Crippen LogP contribution >= 0.6 is 0 Å². The number of para-hydroxylation sites is 1. The standard InChI is InChI=1S/C11H13NO2/c13-5-6-14-8-10-7-9-3-1-2-4-11(9)12-10/h1-4,7,12-13H,5-6,8H2. The third-order valence-corrected chi connectivity index (χ3v) is 2.08. The molecule has 0 atom stereocenters. The molecule has 14 heavy (non-hydrogen) atoms. The molecular weight excluding hydrogens is 178 g/mol. The predicted octanol–water partition coefficient (Wildman–Crippen LogP) is 1.68. The largest absolute Gasteiger partial charge is 0.394 e. The highest BCUT2D eigenvalue weighted by Crippen LogP contribution is 2.14. The molecule has 2 aromatic rings. The molecule has 0 saturated carbocycles. The number of aliphatic hydroxyl groups excluding tert-OH is 1. The van der Waals surface area contributed by atoms with E-state index in [-0.39, 0.29) is 6.61 Å². The number of H-pyrrole nitrogens is 1. The minimum absolute atomic E-state index is 0.0697. The van der Waals surface area contributed by atoms with E-state index in [0.29, 0.717) is 13.2 Å². The quantitative estimate of drug-likeness (QED) is 0.722. The fraction of sp³-hybridized carbons (Fsp3) is 0.273. The minimum Gasteiger partial charge on any atom is -0.394 e. The monoisotopic (exact) mass is 191 g/mol. The highest BCUT2D eigenvalue weighted by molar-refractivity contribution is 5.80. The number of nitrogens with one attached hydrogen (secondary N) is 1. The summed E-state index contributed by atoms with van der Waals surface area (Å²) in [5.74, 6) is 0. The topological polar surface area (TPSA) is 45.2 Å². The van der Waals surface area contributed by atoms with Gasteiger partial charge in [-0.2, -0.15) is 0 Å². The molecule has 0 saturated heterocycles. The van der Waals surface area contributed by atoms with Gasteiger partial charge in [-0.25, -0.2) is 0 Å². The molecular formula is C11H13NO2. The van der Waals surface area contributed by atoms with Crippen molar-refractivity contribution in [2.24, 2.45) is 0 Å². The SMILES string of the molecule is OCCOCc1cc2ccccc2[nH]1. The van der Waals surface area contributed by atoms with E-state index in [1.54, 1.807) is 0 Å². The molecule has 0 amide bonds. The molecule has 2 rings (SSSR count). The summed E-state index contributed by atoms with van der Waals surface area (Å²) in [4.78, 5) is 3.25. The van der Waals surface area contributed by atoms with E-state index in [1.807, 2.05) is 18.2 Å². The highest BCUT2D eigenvalue weighted by Gasteiger charge is 1.98. The lowest BCUT2D eigenvalue weighted by Gasteiger charge is -1.98. The fourth-order valence-corrected chi connectivity index (χ4v) is 1.46. The lowest BCUT2D eigenvalue weighted by Crippen LogP contribution is -1.99. The van der Waals surface area contributed by atoms with Gasteiger partial charge in [0.1, 0.15) is 0 Å². The average molecular weight is 191 g/mol. The molecule has 0 fully saturated rings. The first-order valence-electron chi connectivity index (χ1n) is 4.65. The van der Waals surface area contributed by atoms with Crippen molar-refractivity contribution in [2.45, 2.75) is 6.61 Å². The van der Waals surface area contributed by atoms with Gasteiger partial charge in [0.05, 0.1) is 19.8 Å². The van der Waals surface area contributed by atoms with Gasteiger partial charge in [0.25, 0.3) is 0 Å². The van der Waals surface area contributed by atoms with Crippen LogP contribution in [0.25, 0.3) is 10.9 Å². The van der Waals surface area contributed by atoms with E-state index in [0.717, 1.165) is 11.2 Å². The third kappa shape index (κ3) is 1.95. The van der Waals surface area contributed by atoms with Crippen LogP contribution in [0, 0.1) is 0 Å².